The first-order chi connectivity index (χ1) is 6.68. The Morgan fingerprint density at radius 1 is 1.64 bits per heavy atom. The lowest BCUT2D eigenvalue weighted by Gasteiger charge is -2.35. The predicted molar refractivity (Wildman–Crippen MR) is 57.7 cm³/mol. The first kappa shape index (κ1) is 10.3. The summed E-state index contributed by atoms with van der Waals surface area (Å²) in [6, 6.07) is 0.660. The molecule has 80 valence electrons. The van der Waals surface area contributed by atoms with Crippen LogP contribution < -0.4 is 0 Å². The second kappa shape index (κ2) is 3.74. The number of carboxylic acid groups (broad SMARTS) is 1. The van der Waals surface area contributed by atoms with Crippen LogP contribution in [0.15, 0.2) is 0 Å². The van der Waals surface area contributed by atoms with Crippen LogP contribution in [-0.2, 0) is 4.79 Å². The predicted octanol–water partition coefficient (Wildman–Crippen LogP) is 1.29. The van der Waals surface area contributed by atoms with E-state index < -0.39 is 11.4 Å². The van der Waals surface area contributed by atoms with Crippen LogP contribution in [0.4, 0.5) is 0 Å². The van der Waals surface area contributed by atoms with Crippen LogP contribution in [0.25, 0.3) is 0 Å². The largest absolute Gasteiger partial charge is 0.481 e. The number of likely N-dealkylation sites (tertiary alicyclic amines) is 1. The Bertz CT molecular complexity index is 242. The highest BCUT2D eigenvalue weighted by molar-refractivity contribution is 8.00. The molecule has 1 unspecified atom stereocenters. The summed E-state index contributed by atoms with van der Waals surface area (Å²) in [7, 11) is 0. The first-order valence-electron chi connectivity index (χ1n) is 5.23. The smallest absolute Gasteiger partial charge is 0.310 e. The number of carbonyl (C=O) groups is 1. The van der Waals surface area contributed by atoms with Crippen LogP contribution in [0.3, 0.4) is 0 Å². The fourth-order valence-corrected chi connectivity index (χ4v) is 3.13. The molecule has 3 nitrogen and oxygen atoms in total. The van der Waals surface area contributed by atoms with Gasteiger partial charge < -0.3 is 5.11 Å². The average molecular weight is 215 g/mol. The molecule has 2 heterocycles. The lowest BCUT2D eigenvalue weighted by molar-refractivity contribution is -0.148. The molecule has 0 spiro atoms. The van der Waals surface area contributed by atoms with E-state index in [0.29, 0.717) is 6.04 Å². The van der Waals surface area contributed by atoms with Gasteiger partial charge in [-0.15, -0.1) is 0 Å². The SMILES string of the molecule is CCC1(C(=O)O)CCN(C2CSC2)C1. The number of aliphatic carboxylic acids is 1. The maximum atomic E-state index is 11.2. The van der Waals surface area contributed by atoms with E-state index in [2.05, 4.69) is 4.90 Å². The first-order valence-corrected chi connectivity index (χ1v) is 6.38. The summed E-state index contributed by atoms with van der Waals surface area (Å²) in [5.41, 5.74) is -0.444. The third-order valence-electron chi connectivity index (χ3n) is 3.65. The standard InChI is InChI=1S/C10H17NO2S/c1-2-10(9(12)13)3-4-11(7-10)8-5-14-6-8/h8H,2-7H2,1H3,(H,12,13). The Labute approximate surface area is 88.9 Å². The van der Waals surface area contributed by atoms with Crippen molar-refractivity contribution < 1.29 is 9.90 Å². The van der Waals surface area contributed by atoms with Crippen molar-refractivity contribution in [3.8, 4) is 0 Å². The molecule has 0 aromatic carbocycles. The fraction of sp³-hybridized carbons (Fsp3) is 0.900. The molecule has 0 radical (unpaired) electrons. The topological polar surface area (TPSA) is 40.5 Å². The molecule has 0 saturated carbocycles. The van der Waals surface area contributed by atoms with Gasteiger partial charge in [0, 0.05) is 24.1 Å². The minimum Gasteiger partial charge on any atom is -0.481 e. The molecule has 2 aliphatic rings. The minimum absolute atomic E-state index is 0.444. The van der Waals surface area contributed by atoms with Gasteiger partial charge in [0.1, 0.15) is 0 Å². The van der Waals surface area contributed by atoms with Crippen molar-refractivity contribution in [3.05, 3.63) is 0 Å². The maximum Gasteiger partial charge on any atom is 0.310 e. The summed E-state index contributed by atoms with van der Waals surface area (Å²) < 4.78 is 0. The van der Waals surface area contributed by atoms with Gasteiger partial charge in [-0.3, -0.25) is 9.69 Å². The van der Waals surface area contributed by atoms with Gasteiger partial charge in [-0.2, -0.15) is 11.8 Å². The number of hydrogen-bond acceptors (Lipinski definition) is 3. The van der Waals surface area contributed by atoms with Crippen LogP contribution in [0, 0.1) is 5.41 Å². The number of rotatable bonds is 3. The van der Waals surface area contributed by atoms with E-state index in [-0.39, 0.29) is 0 Å². The molecular weight excluding hydrogens is 198 g/mol. The molecule has 0 aromatic heterocycles. The molecule has 1 N–H and O–H groups in total. The number of hydrogen-bond donors (Lipinski definition) is 1. The van der Waals surface area contributed by atoms with E-state index in [1.807, 2.05) is 18.7 Å². The van der Waals surface area contributed by atoms with E-state index in [1.165, 1.54) is 11.5 Å². The number of nitrogens with zero attached hydrogens (tertiary/aromatic N) is 1. The van der Waals surface area contributed by atoms with Crippen LogP contribution in [-0.4, -0.2) is 46.6 Å². The van der Waals surface area contributed by atoms with E-state index in [0.717, 1.165) is 25.9 Å². The zero-order chi connectivity index (χ0) is 10.2. The molecular formula is C10H17NO2S. The third-order valence-corrected chi connectivity index (χ3v) is 4.89. The highest BCUT2D eigenvalue weighted by Gasteiger charge is 2.45. The molecule has 2 fully saturated rings. The molecule has 0 aromatic rings. The fourth-order valence-electron chi connectivity index (χ4n) is 2.26. The Kier molecular flexibility index (Phi) is 2.75. The number of carboxylic acids is 1. The Balaban J connectivity index is 2.00. The zero-order valence-corrected chi connectivity index (χ0v) is 9.35. The van der Waals surface area contributed by atoms with Gasteiger partial charge in [0.05, 0.1) is 5.41 Å². The second-order valence-corrected chi connectivity index (χ2v) is 5.43. The maximum absolute atomic E-state index is 11.2. The van der Waals surface area contributed by atoms with Crippen LogP contribution in [0.2, 0.25) is 0 Å². The third kappa shape index (κ3) is 1.54. The van der Waals surface area contributed by atoms with Crippen LogP contribution in [0.5, 0.6) is 0 Å². The molecule has 0 aliphatic carbocycles. The van der Waals surface area contributed by atoms with E-state index in [9.17, 15) is 9.90 Å². The highest BCUT2D eigenvalue weighted by atomic mass is 32.2. The zero-order valence-electron chi connectivity index (χ0n) is 8.53. The van der Waals surface area contributed by atoms with Crippen LogP contribution >= 0.6 is 11.8 Å². The van der Waals surface area contributed by atoms with E-state index in [4.69, 9.17) is 0 Å². The van der Waals surface area contributed by atoms with E-state index in [1.54, 1.807) is 0 Å². The lowest BCUT2D eigenvalue weighted by Crippen LogP contribution is -2.45. The summed E-state index contributed by atoms with van der Waals surface area (Å²) in [6.07, 6.45) is 1.60. The van der Waals surface area contributed by atoms with Gasteiger partial charge in [-0.25, -0.2) is 0 Å². The molecule has 0 bridgehead atoms. The highest BCUT2D eigenvalue weighted by Crippen LogP contribution is 2.37. The van der Waals surface area contributed by atoms with Crippen molar-refractivity contribution in [1.29, 1.82) is 0 Å². The van der Waals surface area contributed by atoms with Gasteiger partial charge >= 0.3 is 5.97 Å². The van der Waals surface area contributed by atoms with Gasteiger partial charge in [0.15, 0.2) is 0 Å². The monoisotopic (exact) mass is 215 g/mol. The summed E-state index contributed by atoms with van der Waals surface area (Å²) in [4.78, 5) is 13.6. The van der Waals surface area contributed by atoms with Crippen molar-refractivity contribution in [3.63, 3.8) is 0 Å². The van der Waals surface area contributed by atoms with Gasteiger partial charge in [0.2, 0.25) is 0 Å². The summed E-state index contributed by atoms with van der Waals surface area (Å²) >= 11 is 1.96. The molecule has 0 amide bonds. The normalized spacial score (nSPS) is 34.4. The van der Waals surface area contributed by atoms with Crippen molar-refractivity contribution in [2.75, 3.05) is 24.6 Å². The Morgan fingerprint density at radius 3 is 2.71 bits per heavy atom. The summed E-state index contributed by atoms with van der Waals surface area (Å²) in [6.45, 7) is 3.74. The Morgan fingerprint density at radius 2 is 2.36 bits per heavy atom. The second-order valence-electron chi connectivity index (χ2n) is 4.35. The molecule has 14 heavy (non-hydrogen) atoms. The van der Waals surface area contributed by atoms with Gasteiger partial charge in [-0.1, -0.05) is 6.92 Å². The van der Waals surface area contributed by atoms with Gasteiger partial charge in [-0.05, 0) is 19.4 Å². The Hall–Kier alpha value is -0.220. The quantitative estimate of drug-likeness (QED) is 0.770. The molecule has 1 atom stereocenters. The van der Waals surface area contributed by atoms with Crippen molar-refractivity contribution in [2.24, 2.45) is 5.41 Å². The molecule has 4 heteroatoms. The summed E-state index contributed by atoms with van der Waals surface area (Å²) in [5, 5.41) is 9.22. The van der Waals surface area contributed by atoms with Crippen molar-refractivity contribution >= 4 is 17.7 Å². The van der Waals surface area contributed by atoms with Gasteiger partial charge in [0.25, 0.3) is 0 Å². The van der Waals surface area contributed by atoms with Crippen molar-refractivity contribution in [2.45, 2.75) is 25.8 Å². The molecule has 2 aliphatic heterocycles. The minimum atomic E-state index is -0.602. The average Bonchev–Trinajstić information content (AvgIpc) is 2.47. The number of thioether (sulfide) groups is 1. The molecule has 2 saturated heterocycles. The van der Waals surface area contributed by atoms with Crippen LogP contribution in [0.1, 0.15) is 19.8 Å². The lowest BCUT2D eigenvalue weighted by atomic mass is 9.84. The summed E-state index contributed by atoms with van der Waals surface area (Å²) in [5.74, 6) is 1.79. The van der Waals surface area contributed by atoms with Crippen molar-refractivity contribution in [1.82, 2.24) is 4.90 Å². The molecule has 2 rings (SSSR count). The van der Waals surface area contributed by atoms with E-state index >= 15 is 0 Å².